The van der Waals surface area contributed by atoms with Gasteiger partial charge < -0.3 is 4.74 Å². The molecule has 4 bridgehead atoms. The molecule has 4 unspecified atom stereocenters. The molecule has 0 spiro atoms. The summed E-state index contributed by atoms with van der Waals surface area (Å²) in [6.45, 7) is 0. The summed E-state index contributed by atoms with van der Waals surface area (Å²) in [4.78, 5) is 11.6. The van der Waals surface area contributed by atoms with Crippen LogP contribution in [0.3, 0.4) is 0 Å². The third kappa shape index (κ3) is 0.639. The number of fused-ring (bicyclic) bond motifs is 6. The molecule has 3 aliphatic rings. The molecule has 2 heteroatoms. The van der Waals surface area contributed by atoms with E-state index in [2.05, 4.69) is 0 Å². The van der Waals surface area contributed by atoms with E-state index in [1.54, 1.807) is 0 Å². The third-order valence-electron chi connectivity index (χ3n) is 3.50. The average molecular weight is 152 g/mol. The monoisotopic (exact) mass is 152 g/mol. The molecular formula is C9H12O2. The fourth-order valence-electron chi connectivity index (χ4n) is 2.94. The van der Waals surface area contributed by atoms with Crippen molar-refractivity contribution in [1.82, 2.24) is 0 Å². The van der Waals surface area contributed by atoms with Crippen molar-refractivity contribution < 1.29 is 9.53 Å². The number of carbonyl (C=O) groups is 1. The van der Waals surface area contributed by atoms with Crippen LogP contribution >= 0.6 is 0 Å². The van der Waals surface area contributed by atoms with E-state index in [0.29, 0.717) is 29.8 Å². The molecule has 4 atom stereocenters. The second-order valence-corrected chi connectivity index (χ2v) is 3.98. The maximum atomic E-state index is 11.6. The lowest BCUT2D eigenvalue weighted by Gasteiger charge is -2.25. The minimum Gasteiger partial charge on any atom is -0.373 e. The van der Waals surface area contributed by atoms with Gasteiger partial charge in [-0.1, -0.05) is 0 Å². The molecule has 11 heavy (non-hydrogen) atoms. The van der Waals surface area contributed by atoms with Gasteiger partial charge in [-0.25, -0.2) is 0 Å². The van der Waals surface area contributed by atoms with Crippen LogP contribution in [0.2, 0.25) is 0 Å². The van der Waals surface area contributed by atoms with Gasteiger partial charge in [-0.3, -0.25) is 4.79 Å². The number of hydrogen-bond donors (Lipinski definition) is 0. The minimum absolute atomic E-state index is 0.291. The van der Waals surface area contributed by atoms with Crippen molar-refractivity contribution in [1.29, 1.82) is 0 Å². The Hall–Kier alpha value is -0.370. The zero-order valence-corrected chi connectivity index (χ0v) is 6.45. The predicted octanol–water partition coefficient (Wildman–Crippen LogP) is 1.14. The first kappa shape index (κ1) is 6.18. The van der Waals surface area contributed by atoms with E-state index in [4.69, 9.17) is 4.74 Å². The van der Waals surface area contributed by atoms with Gasteiger partial charge in [0.2, 0.25) is 0 Å². The van der Waals surface area contributed by atoms with Crippen LogP contribution in [0, 0.1) is 11.8 Å². The number of ether oxygens (including phenoxy) is 1. The van der Waals surface area contributed by atoms with Gasteiger partial charge in [-0.2, -0.15) is 0 Å². The van der Waals surface area contributed by atoms with Crippen LogP contribution in [0.1, 0.15) is 25.7 Å². The molecule has 0 amide bonds. The summed E-state index contributed by atoms with van der Waals surface area (Å²) in [7, 11) is 0. The predicted molar refractivity (Wildman–Crippen MR) is 39.1 cm³/mol. The molecule has 3 rings (SSSR count). The molecule has 0 radical (unpaired) electrons. The van der Waals surface area contributed by atoms with E-state index in [0.717, 1.165) is 25.7 Å². The van der Waals surface area contributed by atoms with Crippen LogP contribution in [0.25, 0.3) is 0 Å². The molecule has 2 heterocycles. The second kappa shape index (κ2) is 1.86. The van der Waals surface area contributed by atoms with Crippen molar-refractivity contribution >= 4 is 5.78 Å². The Morgan fingerprint density at radius 3 is 2.09 bits per heavy atom. The van der Waals surface area contributed by atoms with Crippen molar-refractivity contribution in [2.45, 2.75) is 37.9 Å². The maximum Gasteiger partial charge on any atom is 0.144 e. The third-order valence-corrected chi connectivity index (χ3v) is 3.50. The van der Waals surface area contributed by atoms with Gasteiger partial charge in [0.1, 0.15) is 5.78 Å². The highest BCUT2D eigenvalue weighted by molar-refractivity contribution is 5.87. The smallest absolute Gasteiger partial charge is 0.144 e. The van der Waals surface area contributed by atoms with Gasteiger partial charge in [-0.05, 0) is 25.7 Å². The summed E-state index contributed by atoms with van der Waals surface area (Å²) in [5, 5.41) is 0. The summed E-state index contributed by atoms with van der Waals surface area (Å²) in [6, 6.07) is 0. The molecule has 0 aromatic heterocycles. The van der Waals surface area contributed by atoms with Gasteiger partial charge in [0.15, 0.2) is 0 Å². The molecule has 2 nitrogen and oxygen atoms in total. The van der Waals surface area contributed by atoms with Crippen LogP contribution in [-0.2, 0) is 9.53 Å². The molecule has 0 N–H and O–H groups in total. The average Bonchev–Trinajstić information content (AvgIpc) is 2.42. The lowest BCUT2D eigenvalue weighted by Crippen LogP contribution is -2.36. The summed E-state index contributed by atoms with van der Waals surface area (Å²) >= 11 is 0. The second-order valence-electron chi connectivity index (χ2n) is 3.98. The van der Waals surface area contributed by atoms with Gasteiger partial charge in [-0.15, -0.1) is 0 Å². The van der Waals surface area contributed by atoms with E-state index >= 15 is 0 Å². The first-order valence-electron chi connectivity index (χ1n) is 4.55. The normalized spacial score (nSPS) is 53.6. The number of rotatable bonds is 0. The van der Waals surface area contributed by atoms with Crippen molar-refractivity contribution in [2.75, 3.05) is 0 Å². The molecule has 60 valence electrons. The van der Waals surface area contributed by atoms with Gasteiger partial charge in [0, 0.05) is 11.8 Å². The van der Waals surface area contributed by atoms with Crippen LogP contribution in [0.4, 0.5) is 0 Å². The molecule has 0 aromatic carbocycles. The number of hydrogen-bond acceptors (Lipinski definition) is 2. The molecular weight excluding hydrogens is 140 g/mol. The van der Waals surface area contributed by atoms with Crippen LogP contribution in [-0.4, -0.2) is 18.0 Å². The van der Waals surface area contributed by atoms with Crippen LogP contribution < -0.4 is 0 Å². The van der Waals surface area contributed by atoms with E-state index < -0.39 is 0 Å². The Balaban J connectivity index is 2.03. The van der Waals surface area contributed by atoms with E-state index in [9.17, 15) is 4.79 Å². The van der Waals surface area contributed by atoms with E-state index in [1.165, 1.54) is 0 Å². The first-order valence-corrected chi connectivity index (χ1v) is 4.55. The Bertz CT molecular complexity index is 192. The number of ketones is 1. The van der Waals surface area contributed by atoms with E-state index in [-0.39, 0.29) is 0 Å². The van der Waals surface area contributed by atoms with Crippen molar-refractivity contribution in [3.63, 3.8) is 0 Å². The molecule has 3 fully saturated rings. The summed E-state index contributed by atoms with van der Waals surface area (Å²) < 4.78 is 5.73. The quantitative estimate of drug-likeness (QED) is 0.520. The van der Waals surface area contributed by atoms with Gasteiger partial charge in [0.05, 0.1) is 12.2 Å². The number of Topliss-reactive ketones (excluding diaryl/α,β-unsaturated/α-hetero) is 1. The van der Waals surface area contributed by atoms with Crippen LogP contribution in [0.15, 0.2) is 0 Å². The minimum atomic E-state index is 0.291. The maximum absolute atomic E-state index is 11.6. The Kier molecular flexibility index (Phi) is 1.05. The summed E-state index contributed by atoms with van der Waals surface area (Å²) in [6.07, 6.45) is 5.10. The topological polar surface area (TPSA) is 26.3 Å². The van der Waals surface area contributed by atoms with Crippen molar-refractivity contribution in [3.05, 3.63) is 0 Å². The molecule has 0 aromatic rings. The van der Waals surface area contributed by atoms with Gasteiger partial charge in [0.25, 0.3) is 0 Å². The van der Waals surface area contributed by atoms with Crippen molar-refractivity contribution in [2.24, 2.45) is 11.8 Å². The summed E-state index contributed by atoms with van der Waals surface area (Å²) in [5.41, 5.74) is 0. The molecule has 1 aliphatic carbocycles. The van der Waals surface area contributed by atoms with Crippen LogP contribution in [0.5, 0.6) is 0 Å². The largest absolute Gasteiger partial charge is 0.373 e. The zero-order chi connectivity index (χ0) is 7.42. The van der Waals surface area contributed by atoms with Gasteiger partial charge >= 0.3 is 0 Å². The standard InChI is InChI=1S/C9H12O2/c10-9-5-1-2-6(9)8-4-3-7(5)11-8/h5-8H,1-4H2. The highest BCUT2D eigenvalue weighted by Crippen LogP contribution is 2.46. The van der Waals surface area contributed by atoms with E-state index in [1.807, 2.05) is 0 Å². The molecule has 2 aliphatic heterocycles. The Morgan fingerprint density at radius 1 is 1.00 bits per heavy atom. The first-order chi connectivity index (χ1) is 5.36. The number of carbonyl (C=O) groups excluding carboxylic acids is 1. The lowest BCUT2D eigenvalue weighted by molar-refractivity contribution is -0.140. The highest BCUT2D eigenvalue weighted by atomic mass is 16.5. The van der Waals surface area contributed by atoms with Crippen molar-refractivity contribution in [3.8, 4) is 0 Å². The Morgan fingerprint density at radius 2 is 1.55 bits per heavy atom. The highest BCUT2D eigenvalue weighted by Gasteiger charge is 2.52. The SMILES string of the molecule is O=C1C2CCC1C1CCC2O1. The Labute approximate surface area is 65.9 Å². The zero-order valence-electron chi connectivity index (χ0n) is 6.45. The fraction of sp³-hybridized carbons (Fsp3) is 0.889. The molecule has 1 saturated carbocycles. The lowest BCUT2D eigenvalue weighted by atomic mass is 9.96. The molecule has 2 saturated heterocycles. The summed E-state index contributed by atoms with van der Waals surface area (Å²) in [5.74, 6) is 1.10. The fourth-order valence-corrected chi connectivity index (χ4v) is 2.94.